The second kappa shape index (κ2) is 1.60. The SMILES string of the molecule is OC1(C(F)(F)F)COC1. The summed E-state index contributed by atoms with van der Waals surface area (Å²) in [6, 6.07) is 0. The molecule has 54 valence electrons. The maximum Gasteiger partial charge on any atom is 0.421 e. The third kappa shape index (κ3) is 0.900. The summed E-state index contributed by atoms with van der Waals surface area (Å²) in [5.74, 6) is 0. The van der Waals surface area contributed by atoms with Gasteiger partial charge in [-0.15, -0.1) is 0 Å². The number of rotatable bonds is 0. The van der Waals surface area contributed by atoms with Gasteiger partial charge in [0.05, 0.1) is 13.2 Å². The molecule has 0 radical (unpaired) electrons. The van der Waals surface area contributed by atoms with E-state index in [0.29, 0.717) is 0 Å². The quantitative estimate of drug-likeness (QED) is 0.527. The second-order valence-electron chi connectivity index (χ2n) is 2.02. The van der Waals surface area contributed by atoms with Crippen LogP contribution in [0.3, 0.4) is 0 Å². The van der Waals surface area contributed by atoms with E-state index in [9.17, 15) is 13.2 Å². The molecule has 1 aliphatic heterocycles. The molecule has 1 N–H and O–H groups in total. The lowest BCUT2D eigenvalue weighted by Crippen LogP contribution is -2.60. The van der Waals surface area contributed by atoms with Crippen LogP contribution in [0.25, 0.3) is 0 Å². The molecule has 9 heavy (non-hydrogen) atoms. The topological polar surface area (TPSA) is 29.5 Å². The zero-order valence-electron chi connectivity index (χ0n) is 4.40. The third-order valence-electron chi connectivity index (χ3n) is 1.21. The van der Waals surface area contributed by atoms with Crippen LogP contribution in [0.5, 0.6) is 0 Å². The maximum absolute atomic E-state index is 11.6. The van der Waals surface area contributed by atoms with Gasteiger partial charge in [0.2, 0.25) is 5.60 Å². The van der Waals surface area contributed by atoms with E-state index in [1.807, 2.05) is 0 Å². The van der Waals surface area contributed by atoms with E-state index in [0.717, 1.165) is 0 Å². The minimum absolute atomic E-state index is 0.628. The highest BCUT2D eigenvalue weighted by Crippen LogP contribution is 2.35. The van der Waals surface area contributed by atoms with Crippen LogP contribution in [0.4, 0.5) is 13.2 Å². The molecule has 1 rings (SSSR count). The molecule has 2 nitrogen and oxygen atoms in total. The summed E-state index contributed by atoms with van der Waals surface area (Å²) in [4.78, 5) is 0. The molecule has 0 atom stereocenters. The number of hydrogen-bond donors (Lipinski definition) is 1. The molecule has 0 aromatic carbocycles. The minimum atomic E-state index is -4.54. The van der Waals surface area contributed by atoms with Crippen molar-refractivity contribution in [1.82, 2.24) is 0 Å². The smallest absolute Gasteiger partial charge is 0.377 e. The standard InChI is InChI=1S/C4H5F3O2/c5-4(6,7)3(8)1-9-2-3/h8H,1-2H2. The molecule has 0 aromatic heterocycles. The molecule has 0 spiro atoms. The fourth-order valence-electron chi connectivity index (χ4n) is 0.459. The lowest BCUT2D eigenvalue weighted by Gasteiger charge is -2.37. The third-order valence-corrected chi connectivity index (χ3v) is 1.21. The van der Waals surface area contributed by atoms with Crippen LogP contribution >= 0.6 is 0 Å². The van der Waals surface area contributed by atoms with Crippen LogP contribution in [-0.2, 0) is 4.74 Å². The summed E-state index contributed by atoms with van der Waals surface area (Å²) >= 11 is 0. The van der Waals surface area contributed by atoms with Crippen molar-refractivity contribution in [2.45, 2.75) is 11.8 Å². The van der Waals surface area contributed by atoms with E-state index in [-0.39, 0.29) is 0 Å². The van der Waals surface area contributed by atoms with E-state index in [2.05, 4.69) is 4.74 Å². The van der Waals surface area contributed by atoms with Gasteiger partial charge in [0.25, 0.3) is 0 Å². The molecular formula is C4H5F3O2. The highest BCUT2D eigenvalue weighted by atomic mass is 19.4. The van der Waals surface area contributed by atoms with Crippen LogP contribution in [0.1, 0.15) is 0 Å². The fourth-order valence-corrected chi connectivity index (χ4v) is 0.459. The lowest BCUT2D eigenvalue weighted by molar-refractivity contribution is -0.334. The highest BCUT2D eigenvalue weighted by Gasteiger charge is 2.59. The van der Waals surface area contributed by atoms with E-state index in [4.69, 9.17) is 5.11 Å². The average molecular weight is 142 g/mol. The molecule has 0 aromatic rings. The Morgan fingerprint density at radius 1 is 1.33 bits per heavy atom. The lowest BCUT2D eigenvalue weighted by atomic mass is 10.0. The normalized spacial score (nSPS) is 25.3. The predicted molar refractivity (Wildman–Crippen MR) is 21.8 cm³/mol. The van der Waals surface area contributed by atoms with Crippen molar-refractivity contribution in [3.63, 3.8) is 0 Å². The first kappa shape index (κ1) is 6.82. The van der Waals surface area contributed by atoms with Crippen LogP contribution in [0.2, 0.25) is 0 Å². The number of ether oxygens (including phenoxy) is 1. The first-order valence-corrected chi connectivity index (χ1v) is 2.33. The molecule has 0 amide bonds. The molecule has 0 unspecified atom stereocenters. The van der Waals surface area contributed by atoms with Gasteiger partial charge in [-0.3, -0.25) is 0 Å². The summed E-state index contributed by atoms with van der Waals surface area (Å²) < 4.78 is 38.9. The van der Waals surface area contributed by atoms with Crippen molar-refractivity contribution < 1.29 is 23.0 Å². The molecule has 1 heterocycles. The van der Waals surface area contributed by atoms with Gasteiger partial charge in [0.15, 0.2) is 0 Å². The van der Waals surface area contributed by atoms with Gasteiger partial charge in [-0.1, -0.05) is 0 Å². The number of hydrogen-bond acceptors (Lipinski definition) is 2. The largest absolute Gasteiger partial charge is 0.421 e. The molecular weight excluding hydrogens is 137 g/mol. The van der Waals surface area contributed by atoms with Crippen molar-refractivity contribution in [3.8, 4) is 0 Å². The second-order valence-corrected chi connectivity index (χ2v) is 2.02. The van der Waals surface area contributed by atoms with E-state index in [1.54, 1.807) is 0 Å². The number of aliphatic hydroxyl groups is 1. The van der Waals surface area contributed by atoms with Crippen LogP contribution < -0.4 is 0 Å². The van der Waals surface area contributed by atoms with Gasteiger partial charge in [0, 0.05) is 0 Å². The Kier molecular flexibility index (Phi) is 1.22. The van der Waals surface area contributed by atoms with Gasteiger partial charge in [-0.25, -0.2) is 0 Å². The van der Waals surface area contributed by atoms with Crippen molar-refractivity contribution >= 4 is 0 Å². The Hall–Kier alpha value is -0.290. The molecule has 5 heteroatoms. The molecule has 0 bridgehead atoms. The summed E-state index contributed by atoms with van der Waals surface area (Å²) in [6.45, 7) is -1.26. The Morgan fingerprint density at radius 3 is 1.78 bits per heavy atom. The summed E-state index contributed by atoms with van der Waals surface area (Å²) in [7, 11) is 0. The van der Waals surface area contributed by atoms with Gasteiger partial charge in [-0.2, -0.15) is 13.2 Å². The first-order valence-electron chi connectivity index (χ1n) is 2.33. The summed E-state index contributed by atoms with van der Waals surface area (Å²) in [6.07, 6.45) is -4.54. The van der Waals surface area contributed by atoms with Gasteiger partial charge in [-0.05, 0) is 0 Å². The number of halogens is 3. The van der Waals surface area contributed by atoms with Crippen LogP contribution in [0.15, 0.2) is 0 Å². The van der Waals surface area contributed by atoms with Crippen molar-refractivity contribution in [3.05, 3.63) is 0 Å². The molecule has 0 aliphatic carbocycles. The number of alkyl halides is 3. The van der Waals surface area contributed by atoms with E-state index >= 15 is 0 Å². The average Bonchev–Trinajstić information content (AvgIpc) is 1.57. The van der Waals surface area contributed by atoms with Crippen molar-refractivity contribution in [2.24, 2.45) is 0 Å². The van der Waals surface area contributed by atoms with E-state index in [1.165, 1.54) is 0 Å². The molecule has 0 saturated carbocycles. The molecule has 1 fully saturated rings. The van der Waals surface area contributed by atoms with Crippen LogP contribution in [-0.4, -0.2) is 30.1 Å². The van der Waals surface area contributed by atoms with E-state index < -0.39 is 25.0 Å². The maximum atomic E-state index is 11.6. The summed E-state index contributed by atoms with van der Waals surface area (Å²) in [5.41, 5.74) is -2.56. The highest BCUT2D eigenvalue weighted by molar-refractivity contribution is 4.92. The van der Waals surface area contributed by atoms with Crippen molar-refractivity contribution in [2.75, 3.05) is 13.2 Å². The fraction of sp³-hybridized carbons (Fsp3) is 1.00. The zero-order chi connectivity index (χ0) is 7.12. The Bertz CT molecular complexity index is 115. The van der Waals surface area contributed by atoms with Gasteiger partial charge >= 0.3 is 6.18 Å². The van der Waals surface area contributed by atoms with Crippen molar-refractivity contribution in [1.29, 1.82) is 0 Å². The Morgan fingerprint density at radius 2 is 1.78 bits per heavy atom. The Balaban J connectivity index is 2.59. The van der Waals surface area contributed by atoms with Gasteiger partial charge < -0.3 is 9.84 Å². The predicted octanol–water partition coefficient (Wildman–Crippen LogP) is 0.310. The molecule has 1 aliphatic rings. The Labute approximate surface area is 49.2 Å². The molecule has 1 saturated heterocycles. The minimum Gasteiger partial charge on any atom is -0.377 e. The van der Waals surface area contributed by atoms with Gasteiger partial charge in [0.1, 0.15) is 0 Å². The zero-order valence-corrected chi connectivity index (χ0v) is 4.40. The summed E-state index contributed by atoms with van der Waals surface area (Å²) in [5, 5.41) is 8.50. The van der Waals surface area contributed by atoms with Crippen LogP contribution in [0, 0.1) is 0 Å². The first-order chi connectivity index (χ1) is 3.96. The monoisotopic (exact) mass is 142 g/mol.